The largest absolute Gasteiger partial charge is 0.394 e. The van der Waals surface area contributed by atoms with E-state index in [4.69, 9.17) is 9.84 Å². The van der Waals surface area contributed by atoms with E-state index in [2.05, 4.69) is 12.2 Å². The van der Waals surface area contributed by atoms with Crippen molar-refractivity contribution in [2.45, 2.75) is 32.2 Å². The zero-order chi connectivity index (χ0) is 9.52. The zero-order valence-electron chi connectivity index (χ0n) is 8.46. The van der Waals surface area contributed by atoms with E-state index < -0.39 is 0 Å². The minimum Gasteiger partial charge on any atom is -0.394 e. The summed E-state index contributed by atoms with van der Waals surface area (Å²) in [6, 6.07) is 0.702. The van der Waals surface area contributed by atoms with Crippen LogP contribution < -0.4 is 5.32 Å². The molecule has 0 aliphatic heterocycles. The lowest BCUT2D eigenvalue weighted by atomic mass is 10.1. The Balaban J connectivity index is 1.88. The van der Waals surface area contributed by atoms with Gasteiger partial charge in [0, 0.05) is 12.6 Å². The lowest BCUT2D eigenvalue weighted by molar-refractivity contribution is 0.0926. The molecule has 0 unspecified atom stereocenters. The topological polar surface area (TPSA) is 41.5 Å². The molecule has 1 saturated carbocycles. The molecule has 0 aromatic carbocycles. The van der Waals surface area contributed by atoms with E-state index in [0.717, 1.165) is 12.5 Å². The van der Waals surface area contributed by atoms with Gasteiger partial charge in [-0.1, -0.05) is 6.92 Å². The summed E-state index contributed by atoms with van der Waals surface area (Å²) in [7, 11) is 0. The molecule has 0 saturated heterocycles. The van der Waals surface area contributed by atoms with Gasteiger partial charge in [0.2, 0.25) is 0 Å². The third kappa shape index (κ3) is 4.60. The Bertz CT molecular complexity index is 130. The number of hydrogen-bond donors (Lipinski definition) is 2. The molecular weight excluding hydrogens is 166 g/mol. The van der Waals surface area contributed by atoms with Gasteiger partial charge in [-0.2, -0.15) is 0 Å². The van der Waals surface area contributed by atoms with Crippen LogP contribution in [0.3, 0.4) is 0 Å². The molecule has 0 amide bonds. The van der Waals surface area contributed by atoms with E-state index in [9.17, 15) is 0 Å². The first-order chi connectivity index (χ1) is 6.33. The van der Waals surface area contributed by atoms with Gasteiger partial charge in [-0.3, -0.25) is 0 Å². The van der Waals surface area contributed by atoms with Gasteiger partial charge < -0.3 is 15.2 Å². The molecule has 1 rings (SSSR count). The lowest BCUT2D eigenvalue weighted by Gasteiger charge is -2.11. The molecule has 1 aliphatic rings. The van der Waals surface area contributed by atoms with Crippen LogP contribution in [-0.4, -0.2) is 37.5 Å². The van der Waals surface area contributed by atoms with Gasteiger partial charge in [0.05, 0.1) is 19.8 Å². The molecule has 0 radical (unpaired) electrons. The van der Waals surface area contributed by atoms with E-state index >= 15 is 0 Å². The predicted molar refractivity (Wildman–Crippen MR) is 52.7 cm³/mol. The van der Waals surface area contributed by atoms with Gasteiger partial charge in [0.25, 0.3) is 0 Å². The van der Waals surface area contributed by atoms with Crippen molar-refractivity contribution in [2.75, 3.05) is 26.4 Å². The van der Waals surface area contributed by atoms with Gasteiger partial charge in [0.15, 0.2) is 0 Å². The second kappa shape index (κ2) is 6.35. The van der Waals surface area contributed by atoms with Crippen LogP contribution in [-0.2, 0) is 4.74 Å². The van der Waals surface area contributed by atoms with Crippen molar-refractivity contribution in [3.8, 4) is 0 Å². The van der Waals surface area contributed by atoms with Crippen LogP contribution >= 0.6 is 0 Å². The van der Waals surface area contributed by atoms with Crippen molar-refractivity contribution in [2.24, 2.45) is 5.92 Å². The van der Waals surface area contributed by atoms with Crippen molar-refractivity contribution in [3.05, 3.63) is 0 Å². The van der Waals surface area contributed by atoms with Gasteiger partial charge >= 0.3 is 0 Å². The van der Waals surface area contributed by atoms with E-state index in [1.54, 1.807) is 0 Å². The molecule has 3 heteroatoms. The summed E-state index contributed by atoms with van der Waals surface area (Å²) < 4.78 is 5.16. The maximum Gasteiger partial charge on any atom is 0.0698 e. The van der Waals surface area contributed by atoms with E-state index in [-0.39, 0.29) is 6.61 Å². The van der Waals surface area contributed by atoms with Crippen LogP contribution in [0.1, 0.15) is 26.2 Å². The molecule has 0 aromatic heterocycles. The molecule has 3 nitrogen and oxygen atoms in total. The summed E-state index contributed by atoms with van der Waals surface area (Å²) in [5.74, 6) is 0.885. The van der Waals surface area contributed by atoms with Crippen molar-refractivity contribution in [3.63, 3.8) is 0 Å². The summed E-state index contributed by atoms with van der Waals surface area (Å²) in [5, 5.41) is 11.9. The Morgan fingerprint density at radius 1 is 1.38 bits per heavy atom. The summed E-state index contributed by atoms with van der Waals surface area (Å²) in [6.45, 7) is 4.52. The van der Waals surface area contributed by atoms with E-state index in [1.165, 1.54) is 19.3 Å². The predicted octanol–water partition coefficient (Wildman–Crippen LogP) is 0.773. The normalized spacial score (nSPS) is 28.2. The number of aliphatic hydroxyl groups is 1. The number of aliphatic hydroxyl groups excluding tert-OH is 1. The fraction of sp³-hybridized carbons (Fsp3) is 1.00. The molecule has 2 atom stereocenters. The molecule has 1 aliphatic carbocycles. The van der Waals surface area contributed by atoms with Crippen molar-refractivity contribution in [1.82, 2.24) is 5.32 Å². The Morgan fingerprint density at radius 2 is 2.23 bits per heavy atom. The smallest absolute Gasteiger partial charge is 0.0698 e. The molecule has 0 heterocycles. The second-order valence-corrected chi connectivity index (χ2v) is 3.91. The quantitative estimate of drug-likeness (QED) is 0.604. The first-order valence-electron chi connectivity index (χ1n) is 5.25. The van der Waals surface area contributed by atoms with Crippen LogP contribution in [0.25, 0.3) is 0 Å². The van der Waals surface area contributed by atoms with Crippen LogP contribution in [0.4, 0.5) is 0 Å². The highest BCUT2D eigenvalue weighted by atomic mass is 16.5. The highest BCUT2D eigenvalue weighted by Gasteiger charge is 2.19. The maximum absolute atomic E-state index is 8.47. The summed E-state index contributed by atoms with van der Waals surface area (Å²) >= 11 is 0. The van der Waals surface area contributed by atoms with Crippen LogP contribution in [0, 0.1) is 5.92 Å². The third-order valence-electron chi connectivity index (χ3n) is 2.61. The average Bonchev–Trinajstić information content (AvgIpc) is 2.51. The molecule has 78 valence electrons. The maximum atomic E-state index is 8.47. The van der Waals surface area contributed by atoms with Crippen LogP contribution in [0.5, 0.6) is 0 Å². The summed E-state index contributed by atoms with van der Waals surface area (Å²) in [5.41, 5.74) is 0. The Morgan fingerprint density at radius 3 is 2.85 bits per heavy atom. The number of hydrogen-bond acceptors (Lipinski definition) is 3. The number of rotatable bonds is 6. The first kappa shape index (κ1) is 11.0. The molecule has 0 aromatic rings. The Labute approximate surface area is 80.5 Å². The van der Waals surface area contributed by atoms with Gasteiger partial charge in [-0.25, -0.2) is 0 Å². The lowest BCUT2D eigenvalue weighted by Crippen LogP contribution is -2.30. The summed E-state index contributed by atoms with van der Waals surface area (Å²) in [6.07, 6.45) is 3.97. The molecular formula is C10H21NO2. The van der Waals surface area contributed by atoms with Gasteiger partial charge in [-0.05, 0) is 25.2 Å². The number of nitrogens with one attached hydrogen (secondary N) is 1. The third-order valence-corrected chi connectivity index (χ3v) is 2.61. The first-order valence-corrected chi connectivity index (χ1v) is 5.25. The molecule has 13 heavy (non-hydrogen) atoms. The summed E-state index contributed by atoms with van der Waals surface area (Å²) in [4.78, 5) is 0. The van der Waals surface area contributed by atoms with Crippen molar-refractivity contribution in [1.29, 1.82) is 0 Å². The Kier molecular flexibility index (Phi) is 5.35. The highest BCUT2D eigenvalue weighted by Crippen LogP contribution is 2.24. The fourth-order valence-corrected chi connectivity index (χ4v) is 1.89. The molecule has 2 N–H and O–H groups in total. The molecule has 1 fully saturated rings. The van der Waals surface area contributed by atoms with Gasteiger partial charge in [0.1, 0.15) is 0 Å². The average molecular weight is 187 g/mol. The second-order valence-electron chi connectivity index (χ2n) is 3.91. The monoisotopic (exact) mass is 187 g/mol. The van der Waals surface area contributed by atoms with Crippen molar-refractivity contribution >= 4 is 0 Å². The highest BCUT2D eigenvalue weighted by molar-refractivity contribution is 4.77. The number of ether oxygens (including phenoxy) is 1. The fourth-order valence-electron chi connectivity index (χ4n) is 1.89. The molecule has 0 bridgehead atoms. The molecule has 0 spiro atoms. The SMILES string of the molecule is C[C@H]1CC[C@@H](NCCOCCO)C1. The minimum absolute atomic E-state index is 0.125. The Hall–Kier alpha value is -0.120. The van der Waals surface area contributed by atoms with Crippen LogP contribution in [0.2, 0.25) is 0 Å². The van der Waals surface area contributed by atoms with E-state index in [0.29, 0.717) is 19.3 Å². The zero-order valence-corrected chi connectivity index (χ0v) is 8.46. The standard InChI is InChI=1S/C10H21NO2/c1-9-2-3-10(8-9)11-4-6-13-7-5-12/h9-12H,2-8H2,1H3/t9-,10+/m0/s1. The van der Waals surface area contributed by atoms with Crippen molar-refractivity contribution < 1.29 is 9.84 Å². The van der Waals surface area contributed by atoms with E-state index in [1.807, 2.05) is 0 Å². The van der Waals surface area contributed by atoms with Crippen LogP contribution in [0.15, 0.2) is 0 Å². The minimum atomic E-state index is 0.125. The van der Waals surface area contributed by atoms with Gasteiger partial charge in [-0.15, -0.1) is 0 Å².